The molecule has 0 atom stereocenters. The van der Waals surface area contributed by atoms with E-state index in [1.165, 1.54) is 5.56 Å². The Kier molecular flexibility index (Phi) is 6.26. The fourth-order valence-electron chi connectivity index (χ4n) is 2.34. The maximum absolute atomic E-state index is 9.10. The van der Waals surface area contributed by atoms with Crippen LogP contribution in [-0.4, -0.2) is 32.9 Å². The number of halogens is 2. The smallest absolute Gasteiger partial charge is 0.0595 e. The normalized spacial score (nSPS) is 11.4. The third-order valence-corrected chi connectivity index (χ3v) is 4.49. The number of nitrogens with zero attached hydrogens (tertiary/aromatic N) is 3. The quantitative estimate of drug-likeness (QED) is 0.838. The molecule has 1 heterocycles. The first kappa shape index (κ1) is 17.3. The van der Waals surface area contributed by atoms with Crippen LogP contribution in [0.1, 0.15) is 23.2 Å². The molecule has 0 bridgehead atoms. The summed E-state index contributed by atoms with van der Waals surface area (Å²) >= 11 is 12.1. The van der Waals surface area contributed by atoms with Gasteiger partial charge in [-0.25, -0.2) is 0 Å². The maximum atomic E-state index is 9.10. The molecular weight excluding hydrogens is 321 g/mol. The van der Waals surface area contributed by atoms with Gasteiger partial charge in [-0.15, -0.1) is 0 Å². The lowest BCUT2D eigenvalue weighted by Gasteiger charge is -2.22. The van der Waals surface area contributed by atoms with E-state index in [9.17, 15) is 0 Å². The number of hydrogen-bond donors (Lipinski definition) is 1. The molecule has 0 spiro atoms. The average Bonchev–Trinajstić information content (AvgIpc) is 2.80. The Balaban J connectivity index is 2.11. The molecular formula is C16H21Cl2N3O. The van der Waals surface area contributed by atoms with Crippen LogP contribution in [0.15, 0.2) is 24.4 Å². The maximum Gasteiger partial charge on any atom is 0.0595 e. The second-order valence-electron chi connectivity index (χ2n) is 5.42. The van der Waals surface area contributed by atoms with Crippen LogP contribution in [0.5, 0.6) is 0 Å². The molecule has 6 heteroatoms. The third-order valence-electron chi connectivity index (χ3n) is 3.75. The van der Waals surface area contributed by atoms with Gasteiger partial charge in [0, 0.05) is 44.5 Å². The van der Waals surface area contributed by atoms with Crippen LogP contribution >= 0.6 is 23.2 Å². The summed E-state index contributed by atoms with van der Waals surface area (Å²) in [5.41, 5.74) is 3.46. The predicted octanol–water partition coefficient (Wildman–Crippen LogP) is 3.42. The Bertz CT molecular complexity index is 628. The topological polar surface area (TPSA) is 41.3 Å². The standard InChI is InChI=1S/C16H21Cl2N3O/c1-12-14(9-19-20(12)2)11-21(6-3-7-22)10-13-4-5-15(17)16(18)8-13/h4-5,8-9,22H,3,6-7,10-11H2,1-2H3. The van der Waals surface area contributed by atoms with Crippen molar-refractivity contribution in [3.8, 4) is 0 Å². The zero-order valence-corrected chi connectivity index (χ0v) is 14.4. The first-order chi connectivity index (χ1) is 10.5. The molecule has 0 aliphatic heterocycles. The largest absolute Gasteiger partial charge is 0.396 e. The first-order valence-electron chi connectivity index (χ1n) is 7.26. The molecule has 0 radical (unpaired) electrons. The number of aryl methyl sites for hydroxylation is 1. The minimum Gasteiger partial charge on any atom is -0.396 e. The van der Waals surface area contributed by atoms with E-state index in [0.717, 1.165) is 37.3 Å². The van der Waals surface area contributed by atoms with Gasteiger partial charge in [0.1, 0.15) is 0 Å². The summed E-state index contributed by atoms with van der Waals surface area (Å²) in [6.45, 7) is 4.60. The molecule has 0 unspecified atom stereocenters. The van der Waals surface area contributed by atoms with Crippen molar-refractivity contribution in [2.75, 3.05) is 13.2 Å². The van der Waals surface area contributed by atoms with Gasteiger partial charge in [-0.05, 0) is 31.0 Å². The lowest BCUT2D eigenvalue weighted by atomic mass is 10.1. The summed E-state index contributed by atoms with van der Waals surface area (Å²) in [4.78, 5) is 2.28. The average molecular weight is 342 g/mol. The molecule has 0 saturated heterocycles. The second kappa shape index (κ2) is 7.97. The molecule has 1 N–H and O–H groups in total. The summed E-state index contributed by atoms with van der Waals surface area (Å²) in [7, 11) is 1.94. The van der Waals surface area contributed by atoms with Crippen LogP contribution < -0.4 is 0 Å². The van der Waals surface area contributed by atoms with E-state index in [2.05, 4.69) is 16.9 Å². The van der Waals surface area contributed by atoms with Crippen molar-refractivity contribution in [2.45, 2.75) is 26.4 Å². The lowest BCUT2D eigenvalue weighted by molar-refractivity contribution is 0.212. The molecule has 0 fully saturated rings. The van der Waals surface area contributed by atoms with Crippen molar-refractivity contribution < 1.29 is 5.11 Å². The van der Waals surface area contributed by atoms with E-state index in [0.29, 0.717) is 10.0 Å². The molecule has 0 saturated carbocycles. The van der Waals surface area contributed by atoms with Gasteiger partial charge in [-0.2, -0.15) is 5.10 Å². The highest BCUT2D eigenvalue weighted by molar-refractivity contribution is 6.42. The fraction of sp³-hybridized carbons (Fsp3) is 0.438. The van der Waals surface area contributed by atoms with E-state index >= 15 is 0 Å². The van der Waals surface area contributed by atoms with E-state index in [4.69, 9.17) is 28.3 Å². The monoisotopic (exact) mass is 341 g/mol. The number of aromatic nitrogens is 2. The summed E-state index contributed by atoms with van der Waals surface area (Å²) in [6, 6.07) is 5.70. The minimum absolute atomic E-state index is 0.184. The molecule has 0 aliphatic carbocycles. The number of aliphatic hydroxyl groups is 1. The second-order valence-corrected chi connectivity index (χ2v) is 6.23. The number of rotatable bonds is 7. The molecule has 22 heavy (non-hydrogen) atoms. The minimum atomic E-state index is 0.184. The molecule has 0 amide bonds. The van der Waals surface area contributed by atoms with Crippen molar-refractivity contribution in [2.24, 2.45) is 7.05 Å². The van der Waals surface area contributed by atoms with E-state index in [1.54, 1.807) is 0 Å². The van der Waals surface area contributed by atoms with Gasteiger partial charge in [0.2, 0.25) is 0 Å². The van der Waals surface area contributed by atoms with Crippen molar-refractivity contribution >= 4 is 23.2 Å². The van der Waals surface area contributed by atoms with Gasteiger partial charge in [0.05, 0.1) is 16.2 Å². The van der Waals surface area contributed by atoms with Gasteiger partial charge in [-0.3, -0.25) is 9.58 Å². The highest BCUT2D eigenvalue weighted by atomic mass is 35.5. The van der Waals surface area contributed by atoms with Crippen LogP contribution in [-0.2, 0) is 20.1 Å². The third kappa shape index (κ3) is 4.46. The van der Waals surface area contributed by atoms with Crippen LogP contribution in [0, 0.1) is 6.92 Å². The number of benzene rings is 1. The zero-order chi connectivity index (χ0) is 16.1. The Morgan fingerprint density at radius 2 is 2.00 bits per heavy atom. The zero-order valence-electron chi connectivity index (χ0n) is 12.9. The van der Waals surface area contributed by atoms with Gasteiger partial charge >= 0.3 is 0 Å². The highest BCUT2D eigenvalue weighted by Crippen LogP contribution is 2.23. The summed E-state index contributed by atoms with van der Waals surface area (Å²) in [5, 5.41) is 14.5. The molecule has 4 nitrogen and oxygen atoms in total. The molecule has 2 aromatic rings. The molecule has 1 aromatic carbocycles. The van der Waals surface area contributed by atoms with Crippen molar-refractivity contribution in [3.05, 3.63) is 51.3 Å². The van der Waals surface area contributed by atoms with Crippen molar-refractivity contribution in [1.29, 1.82) is 0 Å². The molecule has 0 aliphatic rings. The Morgan fingerprint density at radius 3 is 2.59 bits per heavy atom. The Labute approximate surface area is 141 Å². The Hall–Kier alpha value is -1.07. The van der Waals surface area contributed by atoms with Gasteiger partial charge in [0.15, 0.2) is 0 Å². The number of aliphatic hydroxyl groups excluding tert-OH is 1. The van der Waals surface area contributed by atoms with Crippen molar-refractivity contribution in [1.82, 2.24) is 14.7 Å². The van der Waals surface area contributed by atoms with E-state index < -0.39 is 0 Å². The van der Waals surface area contributed by atoms with E-state index in [-0.39, 0.29) is 6.61 Å². The Morgan fingerprint density at radius 1 is 1.23 bits per heavy atom. The van der Waals surface area contributed by atoms with Crippen LogP contribution in [0.25, 0.3) is 0 Å². The lowest BCUT2D eigenvalue weighted by Crippen LogP contribution is -2.25. The summed E-state index contributed by atoms with van der Waals surface area (Å²) in [5.74, 6) is 0. The molecule has 1 aromatic heterocycles. The molecule has 2 rings (SSSR count). The number of hydrogen-bond acceptors (Lipinski definition) is 3. The van der Waals surface area contributed by atoms with Gasteiger partial charge in [-0.1, -0.05) is 29.3 Å². The summed E-state index contributed by atoms with van der Waals surface area (Å²) in [6.07, 6.45) is 2.64. The van der Waals surface area contributed by atoms with Crippen LogP contribution in [0.2, 0.25) is 10.0 Å². The SMILES string of the molecule is Cc1c(CN(CCCO)Cc2ccc(Cl)c(Cl)c2)cnn1C. The van der Waals surface area contributed by atoms with Crippen molar-refractivity contribution in [3.63, 3.8) is 0 Å². The fourth-order valence-corrected chi connectivity index (χ4v) is 2.67. The van der Waals surface area contributed by atoms with Gasteiger partial charge < -0.3 is 5.11 Å². The van der Waals surface area contributed by atoms with E-state index in [1.807, 2.05) is 36.1 Å². The molecule has 120 valence electrons. The predicted molar refractivity (Wildman–Crippen MR) is 90.2 cm³/mol. The highest BCUT2D eigenvalue weighted by Gasteiger charge is 2.12. The first-order valence-corrected chi connectivity index (χ1v) is 8.01. The van der Waals surface area contributed by atoms with Gasteiger partial charge in [0.25, 0.3) is 0 Å². The van der Waals surface area contributed by atoms with Crippen LogP contribution in [0.4, 0.5) is 0 Å². The van der Waals surface area contributed by atoms with Crippen LogP contribution in [0.3, 0.4) is 0 Å². The summed E-state index contributed by atoms with van der Waals surface area (Å²) < 4.78 is 1.87.